The summed E-state index contributed by atoms with van der Waals surface area (Å²) in [5.41, 5.74) is 3.13. The lowest BCUT2D eigenvalue weighted by atomic mass is 9.97. The van der Waals surface area contributed by atoms with Crippen LogP contribution in [0.5, 0.6) is 0 Å². The quantitative estimate of drug-likeness (QED) is 0.406. The number of hydrazone groups is 2. The first-order chi connectivity index (χ1) is 11.6. The summed E-state index contributed by atoms with van der Waals surface area (Å²) in [7, 11) is 3.26. The summed E-state index contributed by atoms with van der Waals surface area (Å²) < 4.78 is 0. The Kier molecular flexibility index (Phi) is 5.68. The first-order valence-corrected chi connectivity index (χ1v) is 7.46. The Morgan fingerprint density at radius 2 is 1.71 bits per heavy atom. The molecule has 0 bridgehead atoms. The number of carbonyl (C=O) groups is 1. The molecular formula is C18H21N5O. The van der Waals surface area contributed by atoms with Crippen molar-refractivity contribution in [1.29, 1.82) is 0 Å². The number of benzene rings is 2. The number of carbonyl (C=O) groups excluding carboxylic acids is 1. The van der Waals surface area contributed by atoms with Crippen molar-refractivity contribution in [2.24, 2.45) is 16.0 Å². The van der Waals surface area contributed by atoms with E-state index in [0.29, 0.717) is 12.3 Å². The zero-order chi connectivity index (χ0) is 17.5. The Morgan fingerprint density at radius 1 is 1.08 bits per heavy atom. The summed E-state index contributed by atoms with van der Waals surface area (Å²) in [5, 5.41) is 8.63. The Bertz CT molecular complexity index is 740. The molecule has 0 radical (unpaired) electrons. The highest BCUT2D eigenvalue weighted by Gasteiger charge is 2.21. The molecule has 2 rings (SSSR count). The van der Waals surface area contributed by atoms with Crippen molar-refractivity contribution in [1.82, 2.24) is 9.91 Å². The molecule has 24 heavy (non-hydrogen) atoms. The number of nitrogens with two attached hydrogens (primary N) is 1. The van der Waals surface area contributed by atoms with Crippen LogP contribution in [0, 0.1) is 0 Å². The second-order valence-electron chi connectivity index (χ2n) is 5.38. The lowest BCUT2D eigenvalue weighted by Crippen LogP contribution is -2.41. The molecule has 0 atom stereocenters. The van der Waals surface area contributed by atoms with E-state index in [9.17, 15) is 4.79 Å². The molecule has 0 fully saturated rings. The van der Waals surface area contributed by atoms with E-state index in [2.05, 4.69) is 16.9 Å². The Balaban J connectivity index is 2.36. The number of hydrogen-bond acceptors (Lipinski definition) is 4. The third kappa shape index (κ3) is 3.78. The summed E-state index contributed by atoms with van der Waals surface area (Å²) in [4.78, 5) is 13.6. The van der Waals surface area contributed by atoms with Crippen molar-refractivity contribution in [2.75, 3.05) is 14.1 Å². The molecule has 2 amide bonds. The predicted octanol–water partition coefficient (Wildman–Crippen LogP) is 2.77. The van der Waals surface area contributed by atoms with Gasteiger partial charge in [-0.15, -0.1) is 0 Å². The molecule has 0 aromatic heterocycles. The zero-order valence-electron chi connectivity index (χ0n) is 13.9. The maximum atomic E-state index is 12.2. The van der Waals surface area contributed by atoms with Crippen LogP contribution in [0.3, 0.4) is 0 Å². The van der Waals surface area contributed by atoms with Crippen LogP contribution in [0.2, 0.25) is 0 Å². The molecule has 0 aliphatic carbocycles. The van der Waals surface area contributed by atoms with E-state index >= 15 is 0 Å². The Hall–Kier alpha value is -3.15. The standard InChI is InChI=1S/C18H21N5O/c1-20-23(18(24)22(2)3)17(21-19)13-15-11-7-8-12-16(15)14-9-5-4-6-10-14/h4-12H,1,13,19H2,2-3H3/b21-17-. The highest BCUT2D eigenvalue weighted by molar-refractivity contribution is 5.98. The number of amides is 2. The van der Waals surface area contributed by atoms with Crippen LogP contribution < -0.4 is 5.84 Å². The van der Waals surface area contributed by atoms with Gasteiger partial charge in [0.1, 0.15) is 0 Å². The molecule has 6 heteroatoms. The lowest BCUT2D eigenvalue weighted by molar-refractivity contribution is 0.195. The van der Waals surface area contributed by atoms with Crippen LogP contribution in [0.4, 0.5) is 4.79 Å². The SMILES string of the molecule is C=NN(C(=O)N(C)C)/C(Cc1ccccc1-c1ccccc1)=N\N. The molecule has 6 nitrogen and oxygen atoms in total. The summed E-state index contributed by atoms with van der Waals surface area (Å²) in [6.07, 6.45) is 0.361. The van der Waals surface area contributed by atoms with Crippen LogP contribution in [0.1, 0.15) is 5.56 Å². The van der Waals surface area contributed by atoms with Crippen molar-refractivity contribution in [3.63, 3.8) is 0 Å². The number of nitrogens with zero attached hydrogens (tertiary/aromatic N) is 4. The molecule has 2 aromatic rings. The van der Waals surface area contributed by atoms with Gasteiger partial charge >= 0.3 is 6.03 Å². The third-order valence-corrected chi connectivity index (χ3v) is 3.55. The van der Waals surface area contributed by atoms with Gasteiger partial charge in [-0.25, -0.2) is 4.79 Å². The van der Waals surface area contributed by atoms with Crippen LogP contribution >= 0.6 is 0 Å². The highest BCUT2D eigenvalue weighted by atomic mass is 16.2. The number of urea groups is 1. The van der Waals surface area contributed by atoms with Crippen molar-refractivity contribution < 1.29 is 4.79 Å². The van der Waals surface area contributed by atoms with Crippen molar-refractivity contribution in [3.8, 4) is 11.1 Å². The highest BCUT2D eigenvalue weighted by Crippen LogP contribution is 2.24. The smallest absolute Gasteiger partial charge is 0.329 e. The van der Waals surface area contributed by atoms with Crippen LogP contribution in [0.15, 0.2) is 64.8 Å². The maximum absolute atomic E-state index is 12.2. The fourth-order valence-corrected chi connectivity index (χ4v) is 2.36. The molecule has 0 heterocycles. The van der Waals surface area contributed by atoms with Gasteiger partial charge in [-0.05, 0) is 16.7 Å². The van der Waals surface area contributed by atoms with E-state index in [1.165, 1.54) is 4.90 Å². The molecule has 2 N–H and O–H groups in total. The second-order valence-corrected chi connectivity index (χ2v) is 5.38. The Morgan fingerprint density at radius 3 is 2.29 bits per heavy atom. The van der Waals surface area contributed by atoms with Crippen molar-refractivity contribution >= 4 is 18.6 Å². The normalized spacial score (nSPS) is 11.0. The molecule has 0 saturated heterocycles. The minimum Gasteiger partial charge on any atom is -0.329 e. The Labute approximate surface area is 141 Å². The lowest BCUT2D eigenvalue weighted by Gasteiger charge is -2.22. The van der Waals surface area contributed by atoms with E-state index in [0.717, 1.165) is 21.7 Å². The van der Waals surface area contributed by atoms with E-state index < -0.39 is 0 Å². The predicted molar refractivity (Wildman–Crippen MR) is 97.7 cm³/mol. The second kappa shape index (κ2) is 7.92. The van der Waals surface area contributed by atoms with E-state index in [1.807, 2.05) is 54.6 Å². The van der Waals surface area contributed by atoms with Crippen LogP contribution in [0.25, 0.3) is 11.1 Å². The van der Waals surface area contributed by atoms with Gasteiger partial charge in [-0.3, -0.25) is 0 Å². The largest absolute Gasteiger partial charge is 0.345 e. The summed E-state index contributed by atoms with van der Waals surface area (Å²) in [6, 6.07) is 17.6. The summed E-state index contributed by atoms with van der Waals surface area (Å²) in [5.74, 6) is 5.84. The first kappa shape index (κ1) is 17.2. The minimum absolute atomic E-state index is 0.326. The summed E-state index contributed by atoms with van der Waals surface area (Å²) in [6.45, 7) is 3.45. The molecule has 0 aliphatic heterocycles. The van der Waals surface area contributed by atoms with Gasteiger partial charge in [0.05, 0.1) is 0 Å². The molecule has 0 spiro atoms. The van der Waals surface area contributed by atoms with Gasteiger partial charge in [0.2, 0.25) is 0 Å². The molecule has 124 valence electrons. The maximum Gasteiger partial charge on any atom is 0.345 e. The topological polar surface area (TPSA) is 74.3 Å². The van der Waals surface area contributed by atoms with Crippen molar-refractivity contribution in [2.45, 2.75) is 6.42 Å². The third-order valence-electron chi connectivity index (χ3n) is 3.55. The number of hydrogen-bond donors (Lipinski definition) is 1. The fraction of sp³-hybridized carbons (Fsp3) is 0.167. The van der Waals surface area contributed by atoms with Gasteiger partial charge in [0.15, 0.2) is 5.84 Å². The molecule has 0 unspecified atom stereocenters. The van der Waals surface area contributed by atoms with Crippen LogP contribution in [-0.2, 0) is 6.42 Å². The zero-order valence-corrected chi connectivity index (χ0v) is 13.9. The van der Waals surface area contributed by atoms with Crippen LogP contribution in [-0.4, -0.2) is 42.6 Å². The van der Waals surface area contributed by atoms with Gasteiger partial charge < -0.3 is 10.7 Å². The first-order valence-electron chi connectivity index (χ1n) is 7.46. The summed E-state index contributed by atoms with van der Waals surface area (Å²) >= 11 is 0. The monoisotopic (exact) mass is 323 g/mol. The van der Waals surface area contributed by atoms with Gasteiger partial charge in [-0.1, -0.05) is 54.6 Å². The van der Waals surface area contributed by atoms with Crippen molar-refractivity contribution in [3.05, 3.63) is 60.2 Å². The molecular weight excluding hydrogens is 302 g/mol. The fourth-order valence-electron chi connectivity index (χ4n) is 2.36. The van der Waals surface area contributed by atoms with Gasteiger partial charge in [0.25, 0.3) is 0 Å². The molecule has 2 aromatic carbocycles. The number of amidine groups is 1. The average Bonchev–Trinajstić information content (AvgIpc) is 2.62. The minimum atomic E-state index is -0.355. The van der Waals surface area contributed by atoms with E-state index in [4.69, 9.17) is 5.84 Å². The van der Waals surface area contributed by atoms with E-state index in [1.54, 1.807) is 14.1 Å². The molecule has 0 aliphatic rings. The van der Waals surface area contributed by atoms with E-state index in [-0.39, 0.29) is 6.03 Å². The average molecular weight is 323 g/mol. The van der Waals surface area contributed by atoms with Gasteiger partial charge in [0, 0.05) is 27.2 Å². The molecule has 0 saturated carbocycles. The van der Waals surface area contributed by atoms with Gasteiger partial charge in [-0.2, -0.15) is 15.2 Å². The number of rotatable bonds is 4.